The highest BCUT2D eigenvalue weighted by Crippen LogP contribution is 2.75. The van der Waals surface area contributed by atoms with Gasteiger partial charge in [0.15, 0.2) is 0 Å². The molecule has 6 aliphatic rings. The molecule has 0 aromatic carbocycles. The molecule has 0 aromatic heterocycles. The summed E-state index contributed by atoms with van der Waals surface area (Å²) in [6, 6.07) is 0. The Balaban J connectivity index is 1.52. The fraction of sp³-hybridized carbons (Fsp3) is 0.656. The summed E-state index contributed by atoms with van der Waals surface area (Å²) in [6.07, 6.45) is 4.76. The van der Waals surface area contributed by atoms with Crippen molar-refractivity contribution < 1.29 is 38.8 Å². The maximum absolute atomic E-state index is 14.2. The van der Waals surface area contributed by atoms with Gasteiger partial charge in [-0.2, -0.15) is 0 Å². The second kappa shape index (κ2) is 9.41. The number of hydrogen-bond acceptors (Lipinski definition) is 8. The Hall–Kier alpha value is -2.71. The van der Waals surface area contributed by atoms with E-state index in [1.165, 1.54) is 6.92 Å². The molecule has 40 heavy (non-hydrogen) atoms. The van der Waals surface area contributed by atoms with Gasteiger partial charge in [-0.05, 0) is 69.9 Å². The van der Waals surface area contributed by atoms with Gasteiger partial charge in [-0.1, -0.05) is 36.3 Å². The minimum atomic E-state index is -1.10. The van der Waals surface area contributed by atoms with Crippen molar-refractivity contribution in [2.75, 3.05) is 6.61 Å². The zero-order valence-corrected chi connectivity index (χ0v) is 23.8. The van der Waals surface area contributed by atoms with Crippen LogP contribution in [0.1, 0.15) is 66.2 Å². The first-order chi connectivity index (χ1) is 18.9. The van der Waals surface area contributed by atoms with Crippen molar-refractivity contribution in [3.8, 4) is 0 Å². The fourth-order valence-electron chi connectivity index (χ4n) is 9.52. The SMILES string of the molecule is C=C1C(=O)O[C@H]2C[C@H](C)[C@@]34C[C@@]5(C(=O)O[C@H]6/C=C(\C)CCC=C(CO)C[C@H](O)[C@@H]65)[C@@H](C(C)=C3C[C@H]12)[C@@H]4OC(C)=O. The van der Waals surface area contributed by atoms with Gasteiger partial charge in [-0.15, -0.1) is 0 Å². The molecule has 2 saturated heterocycles. The van der Waals surface area contributed by atoms with Crippen molar-refractivity contribution in [1.29, 1.82) is 0 Å². The average molecular weight is 553 g/mol. The number of aliphatic hydroxyl groups excluding tert-OH is 2. The quantitative estimate of drug-likeness (QED) is 0.230. The molecule has 216 valence electrons. The molecule has 2 aliphatic heterocycles. The monoisotopic (exact) mass is 552 g/mol. The van der Waals surface area contributed by atoms with Gasteiger partial charge in [0.1, 0.15) is 18.3 Å². The average Bonchev–Trinajstić information content (AvgIpc) is 3.46. The molecule has 4 fully saturated rings. The number of aliphatic hydroxyl groups is 2. The molecule has 0 amide bonds. The van der Waals surface area contributed by atoms with Crippen LogP contribution in [-0.4, -0.2) is 59.1 Å². The van der Waals surface area contributed by atoms with E-state index in [0.29, 0.717) is 24.8 Å². The summed E-state index contributed by atoms with van der Waals surface area (Å²) in [6.45, 7) is 11.4. The molecule has 10 atom stereocenters. The zero-order valence-electron chi connectivity index (χ0n) is 23.8. The lowest BCUT2D eigenvalue weighted by molar-refractivity contribution is -0.156. The topological polar surface area (TPSA) is 119 Å². The van der Waals surface area contributed by atoms with Crippen molar-refractivity contribution in [2.45, 2.75) is 90.6 Å². The van der Waals surface area contributed by atoms with Crippen LogP contribution in [0.4, 0.5) is 0 Å². The van der Waals surface area contributed by atoms with Crippen LogP contribution in [-0.2, 0) is 28.6 Å². The first kappa shape index (κ1) is 27.5. The van der Waals surface area contributed by atoms with Crippen molar-refractivity contribution >= 4 is 17.9 Å². The molecule has 2 saturated carbocycles. The second-order valence-electron chi connectivity index (χ2n) is 13.1. The van der Waals surface area contributed by atoms with Gasteiger partial charge in [-0.25, -0.2) is 4.79 Å². The third kappa shape index (κ3) is 3.60. The smallest absolute Gasteiger partial charge is 0.334 e. The highest BCUT2D eigenvalue weighted by molar-refractivity contribution is 5.91. The molecule has 2 bridgehead atoms. The van der Waals surface area contributed by atoms with Gasteiger partial charge in [0.2, 0.25) is 0 Å². The van der Waals surface area contributed by atoms with Crippen molar-refractivity contribution in [1.82, 2.24) is 0 Å². The van der Waals surface area contributed by atoms with Crippen LogP contribution in [0.15, 0.2) is 46.6 Å². The lowest BCUT2D eigenvalue weighted by Gasteiger charge is -2.43. The summed E-state index contributed by atoms with van der Waals surface area (Å²) < 4.78 is 18.1. The van der Waals surface area contributed by atoms with E-state index in [0.717, 1.165) is 35.1 Å². The molecule has 0 radical (unpaired) electrons. The predicted octanol–water partition coefficient (Wildman–Crippen LogP) is 3.72. The van der Waals surface area contributed by atoms with Crippen molar-refractivity contribution in [2.24, 2.45) is 34.5 Å². The standard InChI is InChI=1S/C32H40O8/c1-15-7-6-8-20(13-33)11-23(35)27-25(9-15)40-30(37)32(27)14-31-16(2)10-24-21(17(3)29(36)39-24)12-22(31)18(4)26(32)28(31)38-19(5)34/h8-9,16,21,23-28,33,35H,3,6-7,10-14H2,1-2,4-5H3/b15-9+,20-8?/t16-,21+,23-,24-,25-,26-,27-,28-,31-,32+/m0/s1. The molecule has 2 heterocycles. The number of allylic oxidation sites excluding steroid dienone is 2. The minimum Gasteiger partial charge on any atom is -0.461 e. The van der Waals surface area contributed by atoms with Gasteiger partial charge >= 0.3 is 17.9 Å². The maximum Gasteiger partial charge on any atom is 0.334 e. The molecule has 6 rings (SSSR count). The highest BCUT2D eigenvalue weighted by Gasteiger charge is 2.79. The third-order valence-electron chi connectivity index (χ3n) is 11.1. The molecular weight excluding hydrogens is 512 g/mol. The number of hydrogen-bond donors (Lipinski definition) is 2. The van der Waals surface area contributed by atoms with Crippen LogP contribution in [0.2, 0.25) is 0 Å². The molecule has 0 aromatic rings. The molecule has 2 N–H and O–H groups in total. The minimum absolute atomic E-state index is 0.0754. The first-order valence-electron chi connectivity index (χ1n) is 14.6. The number of rotatable bonds is 2. The van der Waals surface area contributed by atoms with Crippen LogP contribution in [0, 0.1) is 34.5 Å². The van der Waals surface area contributed by atoms with E-state index in [9.17, 15) is 24.6 Å². The molecule has 4 aliphatic carbocycles. The van der Waals surface area contributed by atoms with Gasteiger partial charge in [0.25, 0.3) is 0 Å². The normalized spacial score (nSPS) is 45.6. The van der Waals surface area contributed by atoms with Gasteiger partial charge in [0.05, 0.1) is 18.1 Å². The zero-order chi connectivity index (χ0) is 28.7. The third-order valence-corrected chi connectivity index (χ3v) is 11.1. The Kier molecular flexibility index (Phi) is 6.46. The van der Waals surface area contributed by atoms with E-state index in [2.05, 4.69) is 13.5 Å². The molecule has 0 unspecified atom stereocenters. The lowest BCUT2D eigenvalue weighted by atomic mass is 9.57. The van der Waals surface area contributed by atoms with Crippen molar-refractivity contribution in [3.63, 3.8) is 0 Å². The highest BCUT2D eigenvalue weighted by atomic mass is 16.6. The molecule has 8 nitrogen and oxygen atoms in total. The van der Waals surface area contributed by atoms with E-state index in [1.54, 1.807) is 0 Å². The van der Waals surface area contributed by atoms with Crippen molar-refractivity contribution in [3.05, 3.63) is 46.6 Å². The first-order valence-corrected chi connectivity index (χ1v) is 14.6. The fourth-order valence-corrected chi connectivity index (χ4v) is 9.52. The van der Waals surface area contributed by atoms with Gasteiger partial charge in [-0.3, -0.25) is 9.59 Å². The Morgan fingerprint density at radius 1 is 1.20 bits per heavy atom. The summed E-state index contributed by atoms with van der Waals surface area (Å²) >= 11 is 0. The lowest BCUT2D eigenvalue weighted by Crippen LogP contribution is -2.47. The Morgan fingerprint density at radius 2 is 1.95 bits per heavy atom. The summed E-state index contributed by atoms with van der Waals surface area (Å²) in [4.78, 5) is 39.2. The van der Waals surface area contributed by atoms with Crippen LogP contribution < -0.4 is 0 Å². The second-order valence-corrected chi connectivity index (χ2v) is 13.1. The van der Waals surface area contributed by atoms with E-state index in [1.807, 2.05) is 26.0 Å². The van der Waals surface area contributed by atoms with Gasteiger partial charge in [0, 0.05) is 35.7 Å². The van der Waals surface area contributed by atoms with E-state index >= 15 is 0 Å². The predicted molar refractivity (Wildman–Crippen MR) is 144 cm³/mol. The largest absolute Gasteiger partial charge is 0.461 e. The Bertz CT molecular complexity index is 1270. The molecule has 2 spiro atoms. The molecule has 8 heteroatoms. The maximum atomic E-state index is 14.2. The number of carbonyl (C=O) groups excluding carboxylic acids is 3. The van der Waals surface area contributed by atoms with E-state index in [-0.39, 0.29) is 42.9 Å². The molecular formula is C32H40O8. The summed E-state index contributed by atoms with van der Waals surface area (Å²) in [7, 11) is 0. The number of ether oxygens (including phenoxy) is 3. The summed E-state index contributed by atoms with van der Waals surface area (Å²) in [5, 5.41) is 21.8. The van der Waals surface area contributed by atoms with Crippen LogP contribution in [0.5, 0.6) is 0 Å². The van der Waals surface area contributed by atoms with Crippen LogP contribution >= 0.6 is 0 Å². The van der Waals surface area contributed by atoms with Gasteiger partial charge < -0.3 is 24.4 Å². The number of fused-ring (bicyclic) bond motifs is 5. The van der Waals surface area contributed by atoms with E-state index < -0.39 is 46.9 Å². The summed E-state index contributed by atoms with van der Waals surface area (Å²) in [5.74, 6) is -2.40. The van der Waals surface area contributed by atoms with Crippen LogP contribution in [0.3, 0.4) is 0 Å². The Labute approximate surface area is 235 Å². The Morgan fingerprint density at radius 3 is 2.65 bits per heavy atom. The number of esters is 3. The number of carbonyl (C=O) groups is 3. The van der Waals surface area contributed by atoms with Crippen LogP contribution in [0.25, 0.3) is 0 Å². The summed E-state index contributed by atoms with van der Waals surface area (Å²) in [5.41, 5.74) is 2.63. The van der Waals surface area contributed by atoms with E-state index in [4.69, 9.17) is 14.2 Å².